The summed E-state index contributed by atoms with van der Waals surface area (Å²) in [4.78, 5) is 43.3. The number of rotatable bonds is 8. The molecule has 0 radical (unpaired) electrons. The topological polar surface area (TPSA) is 146 Å². The number of nitrogens with one attached hydrogen (secondary N) is 2. The number of hydrogen-bond acceptors (Lipinski definition) is 8. The lowest BCUT2D eigenvalue weighted by Gasteiger charge is -2.27. The molecule has 0 aliphatic carbocycles. The summed E-state index contributed by atoms with van der Waals surface area (Å²) < 4.78 is 29.7. The lowest BCUT2D eigenvalue weighted by Crippen LogP contribution is -2.44. The number of amides is 2. The molecule has 13 heteroatoms. The Morgan fingerprint density at radius 1 is 1.35 bits per heavy atom. The summed E-state index contributed by atoms with van der Waals surface area (Å²) in [6.07, 6.45) is -1.12. The maximum atomic E-state index is 13.3. The van der Waals surface area contributed by atoms with Crippen molar-refractivity contribution < 1.29 is 28.2 Å². The zero-order chi connectivity index (χ0) is 24.2. The van der Waals surface area contributed by atoms with Crippen LogP contribution in [0.5, 0.6) is 0 Å². The molecule has 180 valence electrons. The summed E-state index contributed by atoms with van der Waals surface area (Å²) >= 11 is 6.96. The highest BCUT2D eigenvalue weighted by atomic mass is 35.5. The van der Waals surface area contributed by atoms with E-state index in [2.05, 4.69) is 15.3 Å². The fourth-order valence-electron chi connectivity index (χ4n) is 3.24. The number of benzene rings is 1. The van der Waals surface area contributed by atoms with E-state index in [0.29, 0.717) is 21.3 Å². The minimum absolute atomic E-state index is 0.0505. The average molecular weight is 511 g/mol. The van der Waals surface area contributed by atoms with Crippen LogP contribution in [0.3, 0.4) is 0 Å². The van der Waals surface area contributed by atoms with Gasteiger partial charge >= 0.3 is 0 Å². The number of hydrogen-bond donors (Lipinski definition) is 3. The van der Waals surface area contributed by atoms with E-state index in [1.807, 2.05) is 0 Å². The number of carbonyl (C=O) groups excluding carboxylic acids is 2. The Morgan fingerprint density at radius 3 is 2.88 bits per heavy atom. The van der Waals surface area contributed by atoms with Crippen LogP contribution in [0, 0.1) is 5.82 Å². The third-order valence-electron chi connectivity index (χ3n) is 5.02. The SMILES string of the molecule is NC(=O)C1COC(COCc2csc3nc(C(=O)NCc4ccc(F)c(Cl)c4)[nH]c(=O)c23)CO1. The van der Waals surface area contributed by atoms with Gasteiger partial charge in [0.15, 0.2) is 6.10 Å². The van der Waals surface area contributed by atoms with Gasteiger partial charge in [-0.3, -0.25) is 14.4 Å². The number of H-pyrrole nitrogens is 1. The molecule has 0 spiro atoms. The molecular weight excluding hydrogens is 491 g/mol. The molecule has 2 amide bonds. The molecule has 1 fully saturated rings. The number of fused-ring (bicyclic) bond motifs is 1. The lowest BCUT2D eigenvalue weighted by molar-refractivity contribution is -0.166. The van der Waals surface area contributed by atoms with Gasteiger partial charge in [0.1, 0.15) is 16.8 Å². The fraction of sp³-hybridized carbons (Fsp3) is 0.333. The van der Waals surface area contributed by atoms with Crippen LogP contribution in [0.25, 0.3) is 10.2 Å². The molecule has 1 saturated heterocycles. The van der Waals surface area contributed by atoms with Crippen molar-refractivity contribution in [2.75, 3.05) is 19.8 Å². The lowest BCUT2D eigenvalue weighted by atomic mass is 10.2. The van der Waals surface area contributed by atoms with Crippen LogP contribution in [0.15, 0.2) is 28.4 Å². The minimum atomic E-state index is -0.762. The fourth-order valence-corrected chi connectivity index (χ4v) is 4.37. The highest BCUT2D eigenvalue weighted by molar-refractivity contribution is 7.16. The Labute approximate surface area is 201 Å². The van der Waals surface area contributed by atoms with E-state index in [1.54, 1.807) is 5.38 Å². The number of nitrogens with zero attached hydrogens (tertiary/aromatic N) is 1. The number of thiophene rings is 1. The third-order valence-corrected chi connectivity index (χ3v) is 6.23. The molecule has 3 heterocycles. The van der Waals surface area contributed by atoms with E-state index in [9.17, 15) is 18.8 Å². The van der Waals surface area contributed by atoms with Crippen LogP contribution < -0.4 is 16.6 Å². The predicted molar refractivity (Wildman–Crippen MR) is 121 cm³/mol. The van der Waals surface area contributed by atoms with Crippen LogP contribution in [-0.2, 0) is 32.2 Å². The Hall–Kier alpha value is -2.90. The highest BCUT2D eigenvalue weighted by Gasteiger charge is 2.26. The molecule has 2 atom stereocenters. The van der Waals surface area contributed by atoms with Gasteiger partial charge in [-0.15, -0.1) is 11.3 Å². The van der Waals surface area contributed by atoms with Crippen molar-refractivity contribution in [3.63, 3.8) is 0 Å². The first-order chi connectivity index (χ1) is 16.3. The largest absolute Gasteiger partial charge is 0.374 e. The summed E-state index contributed by atoms with van der Waals surface area (Å²) in [5.41, 5.74) is 5.91. The number of ether oxygens (including phenoxy) is 3. The summed E-state index contributed by atoms with van der Waals surface area (Å²) in [7, 11) is 0. The quantitative estimate of drug-likeness (QED) is 0.416. The van der Waals surface area contributed by atoms with E-state index in [-0.39, 0.29) is 49.9 Å². The van der Waals surface area contributed by atoms with Gasteiger partial charge in [0.05, 0.1) is 36.8 Å². The van der Waals surface area contributed by atoms with E-state index in [4.69, 9.17) is 31.5 Å². The number of nitrogens with two attached hydrogens (primary N) is 1. The number of carbonyl (C=O) groups is 2. The first kappa shape index (κ1) is 24.2. The molecular formula is C21H20ClFN4O6S. The molecule has 1 aliphatic heterocycles. The van der Waals surface area contributed by atoms with Gasteiger partial charge in [0.2, 0.25) is 11.7 Å². The second-order valence-corrected chi connectivity index (χ2v) is 8.75. The molecule has 3 aromatic rings. The van der Waals surface area contributed by atoms with Gasteiger partial charge < -0.3 is 30.2 Å². The van der Waals surface area contributed by atoms with Crippen molar-refractivity contribution in [1.82, 2.24) is 15.3 Å². The predicted octanol–water partition coefficient (Wildman–Crippen LogP) is 1.49. The minimum Gasteiger partial charge on any atom is -0.374 e. The molecule has 1 aliphatic rings. The molecule has 2 aromatic heterocycles. The first-order valence-corrected chi connectivity index (χ1v) is 11.4. The number of aromatic nitrogens is 2. The van der Waals surface area contributed by atoms with Crippen molar-refractivity contribution in [2.24, 2.45) is 5.73 Å². The Balaban J connectivity index is 1.35. The summed E-state index contributed by atoms with van der Waals surface area (Å²) in [6.45, 7) is 0.635. The Kier molecular flexibility index (Phi) is 7.54. The second kappa shape index (κ2) is 10.6. The second-order valence-electron chi connectivity index (χ2n) is 7.48. The normalized spacial score (nSPS) is 18.2. The smallest absolute Gasteiger partial charge is 0.287 e. The maximum absolute atomic E-state index is 13.3. The van der Waals surface area contributed by atoms with Crippen molar-refractivity contribution in [2.45, 2.75) is 25.4 Å². The van der Waals surface area contributed by atoms with Crippen LogP contribution in [0.4, 0.5) is 4.39 Å². The van der Waals surface area contributed by atoms with Crippen molar-refractivity contribution in [1.29, 1.82) is 0 Å². The summed E-state index contributed by atoms with van der Waals surface area (Å²) in [5, 5.41) is 4.63. The van der Waals surface area contributed by atoms with E-state index in [0.717, 1.165) is 0 Å². The standard InChI is InChI=1S/C21H20ClFN4O6S/c22-13-3-10(1-2-14(13)23)4-25-20(30)18-26-19(29)16-11(9-34-21(16)27-18)5-31-6-12-7-33-15(8-32-12)17(24)28/h1-3,9,12,15H,4-8H2,(H2,24,28)(H,25,30)(H,26,27,29). The Morgan fingerprint density at radius 2 is 2.18 bits per heavy atom. The van der Waals surface area contributed by atoms with Crippen LogP contribution in [0.1, 0.15) is 21.7 Å². The zero-order valence-corrected chi connectivity index (χ0v) is 19.2. The van der Waals surface area contributed by atoms with Gasteiger partial charge in [0, 0.05) is 12.1 Å². The van der Waals surface area contributed by atoms with Crippen molar-refractivity contribution in [3.05, 3.63) is 61.7 Å². The van der Waals surface area contributed by atoms with E-state index < -0.39 is 29.3 Å². The number of halogens is 2. The van der Waals surface area contributed by atoms with Crippen LogP contribution in [-0.4, -0.2) is 53.8 Å². The number of aromatic amines is 1. The molecule has 10 nitrogen and oxygen atoms in total. The first-order valence-electron chi connectivity index (χ1n) is 10.1. The van der Waals surface area contributed by atoms with Gasteiger partial charge in [-0.1, -0.05) is 17.7 Å². The highest BCUT2D eigenvalue weighted by Crippen LogP contribution is 2.22. The van der Waals surface area contributed by atoms with Crippen molar-refractivity contribution >= 4 is 45.0 Å². The maximum Gasteiger partial charge on any atom is 0.287 e. The van der Waals surface area contributed by atoms with E-state index in [1.165, 1.54) is 29.5 Å². The number of primary amides is 1. The zero-order valence-electron chi connectivity index (χ0n) is 17.6. The monoisotopic (exact) mass is 510 g/mol. The molecule has 4 rings (SSSR count). The van der Waals surface area contributed by atoms with E-state index >= 15 is 0 Å². The molecule has 0 bridgehead atoms. The van der Waals surface area contributed by atoms with Gasteiger partial charge in [-0.25, -0.2) is 9.37 Å². The van der Waals surface area contributed by atoms with Gasteiger partial charge in [-0.05, 0) is 23.1 Å². The summed E-state index contributed by atoms with van der Waals surface area (Å²) in [6, 6.07) is 4.10. The third kappa shape index (κ3) is 5.59. The van der Waals surface area contributed by atoms with Crippen LogP contribution in [0.2, 0.25) is 5.02 Å². The average Bonchev–Trinajstić information content (AvgIpc) is 3.23. The summed E-state index contributed by atoms with van der Waals surface area (Å²) in [5.74, 6) is -1.86. The molecule has 0 saturated carbocycles. The van der Waals surface area contributed by atoms with Gasteiger partial charge in [-0.2, -0.15) is 0 Å². The molecule has 4 N–H and O–H groups in total. The van der Waals surface area contributed by atoms with Crippen LogP contribution >= 0.6 is 22.9 Å². The Bertz CT molecular complexity index is 1270. The molecule has 34 heavy (non-hydrogen) atoms. The van der Waals surface area contributed by atoms with Crippen molar-refractivity contribution in [3.8, 4) is 0 Å². The molecule has 2 unspecified atom stereocenters. The molecule has 1 aromatic carbocycles. The van der Waals surface area contributed by atoms with Gasteiger partial charge in [0.25, 0.3) is 11.5 Å².